The van der Waals surface area contributed by atoms with Crippen LogP contribution in [-0.2, 0) is 11.3 Å². The zero-order valence-electron chi connectivity index (χ0n) is 18.7. The lowest BCUT2D eigenvalue weighted by atomic mass is 10.1. The van der Waals surface area contributed by atoms with Gasteiger partial charge in [0.05, 0.1) is 17.9 Å². The summed E-state index contributed by atoms with van der Waals surface area (Å²) in [4.78, 5) is 19.3. The molecule has 164 valence electrons. The van der Waals surface area contributed by atoms with E-state index < -0.39 is 0 Å². The average Bonchev–Trinajstić information content (AvgIpc) is 3.04. The van der Waals surface area contributed by atoms with Gasteiger partial charge in [-0.2, -0.15) is 5.10 Å². The number of aromatic nitrogens is 2. The zero-order valence-corrected chi connectivity index (χ0v) is 18.7. The summed E-state index contributed by atoms with van der Waals surface area (Å²) < 4.78 is 15.8. The van der Waals surface area contributed by atoms with Crippen LogP contribution >= 0.6 is 0 Å². The summed E-state index contributed by atoms with van der Waals surface area (Å²) >= 11 is 0. The van der Waals surface area contributed by atoms with Crippen molar-refractivity contribution in [3.63, 3.8) is 0 Å². The second kappa shape index (κ2) is 10.1. The van der Waals surface area contributed by atoms with Crippen LogP contribution in [0.15, 0.2) is 24.3 Å². The van der Waals surface area contributed by atoms with Gasteiger partial charge < -0.3 is 14.7 Å². The number of likely N-dealkylation sites (N-methyl/N-ethyl adjacent to an activating group) is 1. The molecule has 1 aliphatic rings. The van der Waals surface area contributed by atoms with E-state index in [9.17, 15) is 9.18 Å². The standard InChI is InChI=1S/C23H34FN5O/c1-5-8-22(30)28(11-6-2)17-21-18(3)25-29(20-10-7-9-19(24)16-20)23(21)27-14-12-26(4)13-15-27/h7,9-10,16H,5-6,8,11-15,17H2,1-4H3. The van der Waals surface area contributed by atoms with Gasteiger partial charge in [0.25, 0.3) is 0 Å². The maximum absolute atomic E-state index is 14.0. The van der Waals surface area contributed by atoms with Crippen LogP contribution in [0.2, 0.25) is 0 Å². The first kappa shape index (κ1) is 22.3. The predicted molar refractivity (Wildman–Crippen MR) is 119 cm³/mol. The molecule has 3 rings (SSSR count). The fourth-order valence-corrected chi connectivity index (χ4v) is 3.99. The quantitative estimate of drug-likeness (QED) is 0.661. The number of hydrogen-bond donors (Lipinski definition) is 0. The molecule has 0 unspecified atom stereocenters. The smallest absolute Gasteiger partial charge is 0.222 e. The first-order valence-corrected chi connectivity index (χ1v) is 11.0. The van der Waals surface area contributed by atoms with Crippen molar-refractivity contribution < 1.29 is 9.18 Å². The van der Waals surface area contributed by atoms with Gasteiger partial charge in [-0.3, -0.25) is 4.79 Å². The molecule has 7 heteroatoms. The molecule has 1 aliphatic heterocycles. The highest BCUT2D eigenvalue weighted by atomic mass is 19.1. The van der Waals surface area contributed by atoms with E-state index in [-0.39, 0.29) is 11.7 Å². The summed E-state index contributed by atoms with van der Waals surface area (Å²) in [7, 11) is 2.12. The number of anilines is 1. The molecule has 0 radical (unpaired) electrons. The second-order valence-electron chi connectivity index (χ2n) is 8.13. The van der Waals surface area contributed by atoms with E-state index >= 15 is 0 Å². The van der Waals surface area contributed by atoms with Crippen LogP contribution in [0.25, 0.3) is 5.69 Å². The second-order valence-corrected chi connectivity index (χ2v) is 8.13. The normalized spacial score (nSPS) is 14.9. The maximum atomic E-state index is 14.0. The Labute approximate surface area is 179 Å². The van der Waals surface area contributed by atoms with Gasteiger partial charge in [0.2, 0.25) is 5.91 Å². The number of aryl methyl sites for hydroxylation is 1. The molecule has 6 nitrogen and oxygen atoms in total. The molecule has 1 fully saturated rings. The van der Waals surface area contributed by atoms with Crippen LogP contribution in [0.3, 0.4) is 0 Å². The molecule has 0 saturated carbocycles. The number of amides is 1. The highest BCUT2D eigenvalue weighted by molar-refractivity contribution is 5.76. The van der Waals surface area contributed by atoms with Gasteiger partial charge in [0, 0.05) is 44.7 Å². The molecule has 1 amide bonds. The van der Waals surface area contributed by atoms with Gasteiger partial charge in [-0.05, 0) is 45.0 Å². The van der Waals surface area contributed by atoms with Crippen LogP contribution in [0.5, 0.6) is 0 Å². The van der Waals surface area contributed by atoms with Gasteiger partial charge in [-0.25, -0.2) is 9.07 Å². The van der Waals surface area contributed by atoms with E-state index in [1.54, 1.807) is 6.07 Å². The van der Waals surface area contributed by atoms with E-state index in [1.165, 1.54) is 12.1 Å². The van der Waals surface area contributed by atoms with Gasteiger partial charge in [0.15, 0.2) is 0 Å². The fourth-order valence-electron chi connectivity index (χ4n) is 3.99. The molecule has 0 N–H and O–H groups in total. The number of halogens is 1. The number of hydrogen-bond acceptors (Lipinski definition) is 4. The lowest BCUT2D eigenvalue weighted by molar-refractivity contribution is -0.131. The molecular weight excluding hydrogens is 381 g/mol. The Hall–Kier alpha value is -2.41. The highest BCUT2D eigenvalue weighted by Crippen LogP contribution is 2.30. The Morgan fingerprint density at radius 2 is 1.90 bits per heavy atom. The van der Waals surface area contributed by atoms with Crippen molar-refractivity contribution in [2.24, 2.45) is 0 Å². The predicted octanol–water partition coefficient (Wildman–Crippen LogP) is 3.61. The lowest BCUT2D eigenvalue weighted by Crippen LogP contribution is -2.45. The fraction of sp³-hybridized carbons (Fsp3) is 0.565. The van der Waals surface area contributed by atoms with Crippen molar-refractivity contribution in [2.75, 3.05) is 44.7 Å². The molecule has 2 heterocycles. The van der Waals surface area contributed by atoms with Crippen molar-refractivity contribution >= 4 is 11.7 Å². The summed E-state index contributed by atoms with van der Waals surface area (Å²) in [6, 6.07) is 6.55. The van der Waals surface area contributed by atoms with Crippen LogP contribution in [-0.4, -0.2) is 65.3 Å². The molecule has 0 spiro atoms. The Bertz CT molecular complexity index is 857. The molecule has 30 heavy (non-hydrogen) atoms. The molecule has 0 bridgehead atoms. The number of benzene rings is 1. The van der Waals surface area contributed by atoms with Gasteiger partial charge in [-0.15, -0.1) is 0 Å². The van der Waals surface area contributed by atoms with Gasteiger partial charge in [0.1, 0.15) is 11.6 Å². The van der Waals surface area contributed by atoms with Crippen LogP contribution in [0, 0.1) is 12.7 Å². The van der Waals surface area contributed by atoms with Crippen molar-refractivity contribution in [3.05, 3.63) is 41.3 Å². The van der Waals surface area contributed by atoms with Crippen molar-refractivity contribution in [1.82, 2.24) is 19.6 Å². The Morgan fingerprint density at radius 1 is 1.17 bits per heavy atom. The maximum Gasteiger partial charge on any atom is 0.222 e. The summed E-state index contributed by atoms with van der Waals surface area (Å²) in [6.45, 7) is 11.0. The van der Waals surface area contributed by atoms with Crippen LogP contribution in [0.4, 0.5) is 10.2 Å². The minimum absolute atomic E-state index is 0.182. The number of piperazine rings is 1. The summed E-state index contributed by atoms with van der Waals surface area (Å²) in [6.07, 6.45) is 2.31. The van der Waals surface area contributed by atoms with Gasteiger partial charge in [-0.1, -0.05) is 19.9 Å². The Balaban J connectivity index is 2.04. The molecule has 0 aliphatic carbocycles. The molecule has 1 aromatic heterocycles. The number of rotatable bonds is 8. The molecular formula is C23H34FN5O. The summed E-state index contributed by atoms with van der Waals surface area (Å²) in [5.74, 6) is 0.885. The number of carbonyl (C=O) groups is 1. The first-order chi connectivity index (χ1) is 14.4. The zero-order chi connectivity index (χ0) is 21.7. The van der Waals surface area contributed by atoms with E-state index in [4.69, 9.17) is 5.10 Å². The third kappa shape index (κ3) is 5.01. The Kier molecular flexibility index (Phi) is 7.48. The monoisotopic (exact) mass is 415 g/mol. The highest BCUT2D eigenvalue weighted by Gasteiger charge is 2.27. The van der Waals surface area contributed by atoms with Crippen LogP contribution < -0.4 is 4.90 Å². The molecule has 1 saturated heterocycles. The third-order valence-electron chi connectivity index (χ3n) is 5.67. The third-order valence-corrected chi connectivity index (χ3v) is 5.67. The van der Waals surface area contributed by atoms with E-state index in [2.05, 4.69) is 23.8 Å². The minimum atomic E-state index is -0.280. The van der Waals surface area contributed by atoms with Crippen molar-refractivity contribution in [2.45, 2.75) is 46.6 Å². The molecule has 1 aromatic carbocycles. The van der Waals surface area contributed by atoms with E-state index in [1.807, 2.05) is 29.5 Å². The summed E-state index contributed by atoms with van der Waals surface area (Å²) in [5, 5.41) is 4.79. The lowest BCUT2D eigenvalue weighted by Gasteiger charge is -2.35. The van der Waals surface area contributed by atoms with Crippen LogP contribution in [0.1, 0.15) is 44.4 Å². The van der Waals surface area contributed by atoms with E-state index in [0.717, 1.165) is 62.6 Å². The number of carbonyl (C=O) groups excluding carboxylic acids is 1. The Morgan fingerprint density at radius 3 is 2.53 bits per heavy atom. The van der Waals surface area contributed by atoms with Gasteiger partial charge >= 0.3 is 0 Å². The molecule has 2 aromatic rings. The van der Waals surface area contributed by atoms with Crippen molar-refractivity contribution in [3.8, 4) is 5.69 Å². The first-order valence-electron chi connectivity index (χ1n) is 11.0. The number of nitrogens with zero attached hydrogens (tertiary/aromatic N) is 5. The minimum Gasteiger partial charge on any atom is -0.354 e. The van der Waals surface area contributed by atoms with E-state index in [0.29, 0.717) is 18.7 Å². The topological polar surface area (TPSA) is 44.6 Å². The summed E-state index contributed by atoms with van der Waals surface area (Å²) in [5.41, 5.74) is 2.65. The van der Waals surface area contributed by atoms with Crippen molar-refractivity contribution in [1.29, 1.82) is 0 Å². The molecule has 0 atom stereocenters. The SMILES string of the molecule is CCCC(=O)N(CCC)Cc1c(C)nn(-c2cccc(F)c2)c1N1CCN(C)CC1. The average molecular weight is 416 g/mol. The largest absolute Gasteiger partial charge is 0.354 e.